The van der Waals surface area contributed by atoms with Crippen molar-refractivity contribution in [2.75, 3.05) is 0 Å². The summed E-state index contributed by atoms with van der Waals surface area (Å²) in [5.41, 5.74) is 8.84. The largest absolute Gasteiger partial charge is 0.478 e. The average molecular weight is 1130 g/mol. The van der Waals surface area contributed by atoms with Crippen molar-refractivity contribution < 1.29 is 29.3 Å². The fourth-order valence-electron chi connectivity index (χ4n) is 13.8. The number of carboxylic acids is 2. The van der Waals surface area contributed by atoms with Crippen LogP contribution in [0.4, 0.5) is 0 Å². The highest BCUT2D eigenvalue weighted by Crippen LogP contribution is 2.54. The Morgan fingerprint density at radius 1 is 0.352 bits per heavy atom. The minimum Gasteiger partial charge on any atom is -0.478 e. The molecule has 0 aliphatic heterocycles. The van der Waals surface area contributed by atoms with Crippen LogP contribution >= 0.6 is 0 Å². The molecular formula is C82H52O6. The summed E-state index contributed by atoms with van der Waals surface area (Å²) < 4.78 is 15.9. The highest BCUT2D eigenvalue weighted by Gasteiger charge is 2.41. The highest BCUT2D eigenvalue weighted by atomic mass is 16.5. The van der Waals surface area contributed by atoms with E-state index in [4.69, 9.17) is 9.47 Å². The van der Waals surface area contributed by atoms with E-state index in [1.807, 2.05) is 91.0 Å². The van der Waals surface area contributed by atoms with Crippen LogP contribution in [0.15, 0.2) is 285 Å². The van der Waals surface area contributed by atoms with Gasteiger partial charge < -0.3 is 19.7 Å². The molecule has 1 aliphatic carbocycles. The van der Waals surface area contributed by atoms with Gasteiger partial charge in [-0.15, -0.1) is 0 Å². The Morgan fingerprint density at radius 3 is 1.43 bits per heavy atom. The lowest BCUT2D eigenvalue weighted by Gasteiger charge is -2.39. The first-order valence-electron chi connectivity index (χ1n) is 29.5. The van der Waals surface area contributed by atoms with Crippen molar-refractivity contribution in [2.45, 2.75) is 12.0 Å². The number of carboxylic acid groups (broad SMARTS) is 2. The molecule has 6 heteroatoms. The van der Waals surface area contributed by atoms with Gasteiger partial charge >= 0.3 is 11.9 Å². The van der Waals surface area contributed by atoms with Crippen molar-refractivity contribution in [3.05, 3.63) is 313 Å². The molecule has 0 bridgehead atoms. The fourth-order valence-corrected chi connectivity index (χ4v) is 13.8. The van der Waals surface area contributed by atoms with Crippen LogP contribution in [0.1, 0.15) is 43.8 Å². The van der Waals surface area contributed by atoms with Gasteiger partial charge in [-0.25, -0.2) is 9.59 Å². The Hall–Kier alpha value is -11.6. The molecule has 1 unspecified atom stereocenters. The third-order valence-corrected chi connectivity index (χ3v) is 17.9. The highest BCUT2D eigenvalue weighted by molar-refractivity contribution is 6.15. The van der Waals surface area contributed by atoms with Crippen molar-refractivity contribution in [3.63, 3.8) is 0 Å². The van der Waals surface area contributed by atoms with Gasteiger partial charge in [-0.1, -0.05) is 249 Å². The van der Waals surface area contributed by atoms with Crippen molar-refractivity contribution in [1.82, 2.24) is 0 Å². The van der Waals surface area contributed by atoms with Crippen LogP contribution in [0.5, 0.6) is 17.2 Å². The fraction of sp³-hybridized carbons (Fsp3) is 0.0244. The van der Waals surface area contributed by atoms with E-state index in [0.717, 1.165) is 109 Å². The zero-order chi connectivity index (χ0) is 59.0. The van der Waals surface area contributed by atoms with E-state index in [0.29, 0.717) is 51.0 Å². The summed E-state index contributed by atoms with van der Waals surface area (Å²) in [6, 6.07) is 94.6. The lowest BCUT2D eigenvalue weighted by atomic mass is 9.76. The van der Waals surface area contributed by atoms with E-state index >= 15 is 0 Å². The molecule has 2 N–H and O–H groups in total. The van der Waals surface area contributed by atoms with Crippen LogP contribution < -0.4 is 9.47 Å². The Balaban J connectivity index is 1.02. The van der Waals surface area contributed by atoms with Gasteiger partial charge in [0.15, 0.2) is 5.60 Å². The van der Waals surface area contributed by atoms with E-state index in [1.54, 1.807) is 12.1 Å². The molecule has 1 aliphatic rings. The average Bonchev–Trinajstić information content (AvgIpc) is 1.33. The molecule has 15 aromatic carbocycles. The summed E-state index contributed by atoms with van der Waals surface area (Å²) >= 11 is 0. The lowest BCUT2D eigenvalue weighted by molar-refractivity contribution is 0.0687. The molecule has 6 nitrogen and oxygen atoms in total. The third kappa shape index (κ3) is 8.56. The molecule has 16 rings (SSSR count). The first-order chi connectivity index (χ1) is 43.3. The standard InChI is InChI=1S/C82H52O6/c83-80(84)72-48-59(47-54-21-4-9-29-65(54)72)82(44-16-25-53-20-5-12-35-74(53)82)88-76-43-39-58-46-56(64-33-14-23-51-18-2-7-27-61(51)64)37-41-67(58)78(76)77-66-40-36-55(63-32-13-22-50-17-1-6-26-60(50)63)45-57(66)38-42-75(77)87-79-70-31-11-10-30-69(70)73(81(85)86)49-71(79)68-34-15-24-52-19-3-8-28-62(52)68/h1-43,45-49H,44H2,(H,83,84)(H,85,86). The maximum atomic E-state index is 13.5. The van der Waals surface area contributed by atoms with E-state index < -0.39 is 17.5 Å². The topological polar surface area (TPSA) is 93.1 Å². The summed E-state index contributed by atoms with van der Waals surface area (Å²) in [6.07, 6.45) is 4.61. The molecule has 0 fully saturated rings. The van der Waals surface area contributed by atoms with Gasteiger partial charge in [-0.2, -0.15) is 0 Å². The number of benzene rings is 15. The molecule has 416 valence electrons. The Bertz CT molecular complexity index is 5450. The van der Waals surface area contributed by atoms with Crippen LogP contribution in [0.25, 0.3) is 126 Å². The minimum atomic E-state index is -1.26. The van der Waals surface area contributed by atoms with E-state index in [9.17, 15) is 19.8 Å². The van der Waals surface area contributed by atoms with Crippen molar-refractivity contribution in [3.8, 4) is 61.8 Å². The second-order valence-corrected chi connectivity index (χ2v) is 22.8. The van der Waals surface area contributed by atoms with Crippen LogP contribution in [0, 0.1) is 0 Å². The predicted octanol–water partition coefficient (Wildman–Crippen LogP) is 21.4. The smallest absolute Gasteiger partial charge is 0.336 e. The van der Waals surface area contributed by atoms with Crippen LogP contribution in [0.3, 0.4) is 0 Å². The van der Waals surface area contributed by atoms with Crippen LogP contribution in [-0.4, -0.2) is 22.2 Å². The first-order valence-corrected chi connectivity index (χ1v) is 29.5. The molecule has 88 heavy (non-hydrogen) atoms. The van der Waals surface area contributed by atoms with Gasteiger partial charge in [-0.05, 0) is 146 Å². The number of hydrogen-bond donors (Lipinski definition) is 2. The second-order valence-electron chi connectivity index (χ2n) is 22.8. The number of hydrogen-bond acceptors (Lipinski definition) is 4. The van der Waals surface area contributed by atoms with Gasteiger partial charge in [0.25, 0.3) is 0 Å². The van der Waals surface area contributed by atoms with Crippen molar-refractivity contribution >= 4 is 93.4 Å². The SMILES string of the molecule is O=C(O)c1cc(C2(Oc3ccc4cc(-c5cccc6ccccc56)ccc4c3-c3c(Oc4c(-c5cccc6ccccc56)cc(C(=O)O)c5ccccc45)ccc4cc(-c5cccc6ccccc56)ccc34)CC=Cc3ccccc32)cc2ccccc12. The first kappa shape index (κ1) is 52.0. The molecule has 15 aromatic rings. The summed E-state index contributed by atoms with van der Waals surface area (Å²) in [4.78, 5) is 26.9. The van der Waals surface area contributed by atoms with Gasteiger partial charge in [0.1, 0.15) is 17.2 Å². The van der Waals surface area contributed by atoms with Gasteiger partial charge in [-0.3, -0.25) is 0 Å². The maximum Gasteiger partial charge on any atom is 0.336 e. The van der Waals surface area contributed by atoms with Gasteiger partial charge in [0, 0.05) is 39.6 Å². The Kier molecular flexibility index (Phi) is 12.3. The Labute approximate surface area is 506 Å². The third-order valence-electron chi connectivity index (χ3n) is 17.9. The molecule has 0 aromatic heterocycles. The molecule has 0 saturated heterocycles. The normalized spacial score (nSPS) is 13.8. The lowest BCUT2D eigenvalue weighted by Crippen LogP contribution is -2.36. The second kappa shape index (κ2) is 20.9. The molecule has 1 atom stereocenters. The molecule has 0 radical (unpaired) electrons. The quantitative estimate of drug-likeness (QED) is 0.134. The summed E-state index contributed by atoms with van der Waals surface area (Å²) in [5.74, 6) is -0.545. The predicted molar refractivity (Wildman–Crippen MR) is 359 cm³/mol. The monoisotopic (exact) mass is 1130 g/mol. The summed E-state index contributed by atoms with van der Waals surface area (Å²) in [5, 5.41) is 34.8. The molecule has 0 heterocycles. The van der Waals surface area contributed by atoms with Gasteiger partial charge in [0.2, 0.25) is 0 Å². The molecular weight excluding hydrogens is 1080 g/mol. The summed E-state index contributed by atoms with van der Waals surface area (Å²) in [7, 11) is 0. The number of rotatable bonds is 11. The van der Waals surface area contributed by atoms with Crippen molar-refractivity contribution in [2.24, 2.45) is 0 Å². The number of carbonyl (C=O) groups is 2. The zero-order valence-electron chi connectivity index (χ0n) is 47.4. The van der Waals surface area contributed by atoms with Gasteiger partial charge in [0.05, 0.1) is 11.1 Å². The molecule has 0 spiro atoms. The van der Waals surface area contributed by atoms with Crippen molar-refractivity contribution in [1.29, 1.82) is 0 Å². The number of ether oxygens (including phenoxy) is 2. The Morgan fingerprint density at radius 2 is 0.818 bits per heavy atom. The van der Waals surface area contributed by atoms with E-state index in [2.05, 4.69) is 188 Å². The van der Waals surface area contributed by atoms with E-state index in [1.165, 1.54) is 0 Å². The molecule has 0 amide bonds. The number of fused-ring (bicyclic) bond motifs is 8. The number of aromatic carboxylic acids is 2. The molecule has 0 saturated carbocycles. The zero-order valence-corrected chi connectivity index (χ0v) is 47.4. The minimum absolute atomic E-state index is 0.157. The van der Waals surface area contributed by atoms with Crippen LogP contribution in [-0.2, 0) is 5.60 Å². The summed E-state index contributed by atoms with van der Waals surface area (Å²) in [6.45, 7) is 0. The van der Waals surface area contributed by atoms with Crippen LogP contribution in [0.2, 0.25) is 0 Å². The van der Waals surface area contributed by atoms with E-state index in [-0.39, 0.29) is 11.1 Å². The maximum absolute atomic E-state index is 13.5.